The summed E-state index contributed by atoms with van der Waals surface area (Å²) >= 11 is 5.25. The van der Waals surface area contributed by atoms with E-state index in [1.165, 1.54) is 49.2 Å². The normalized spacial score (nSPS) is 14.6. The lowest BCUT2D eigenvalue weighted by Crippen LogP contribution is -2.29. The number of thiocarbonyl (C=S) groups is 1. The third-order valence-corrected chi connectivity index (χ3v) is 4.40. The molecule has 0 atom stereocenters. The second-order valence-corrected chi connectivity index (χ2v) is 6.65. The van der Waals surface area contributed by atoms with E-state index in [4.69, 9.17) is 12.2 Å². The van der Waals surface area contributed by atoms with Crippen LogP contribution in [0.3, 0.4) is 0 Å². The summed E-state index contributed by atoms with van der Waals surface area (Å²) in [5.41, 5.74) is 2.59. The lowest BCUT2D eigenvalue weighted by atomic mass is 10.1. The number of nitrogens with one attached hydrogen (secondary N) is 2. The number of nitrogens with zero attached hydrogens (tertiary/aromatic N) is 1. The Hall–Kier alpha value is -2.48. The first kappa shape index (κ1) is 19.3. The Morgan fingerprint density at radius 3 is 1.89 bits per heavy atom. The van der Waals surface area contributed by atoms with Gasteiger partial charge in [-0.1, -0.05) is 0 Å². The molecule has 2 aromatic rings. The second-order valence-electron chi connectivity index (χ2n) is 6.25. The quantitative estimate of drug-likeness (QED) is 0.680. The van der Waals surface area contributed by atoms with Gasteiger partial charge in [0.25, 0.3) is 0 Å². The predicted octanol–water partition coefficient (Wildman–Crippen LogP) is 5.38. The molecule has 0 aromatic heterocycles. The van der Waals surface area contributed by atoms with Gasteiger partial charge in [0.2, 0.25) is 0 Å². The van der Waals surface area contributed by atoms with Gasteiger partial charge in [0, 0.05) is 30.2 Å². The van der Waals surface area contributed by atoms with Crippen LogP contribution in [0, 0.1) is 0 Å². The molecule has 4 nitrogen and oxygen atoms in total. The molecule has 0 saturated carbocycles. The maximum absolute atomic E-state index is 12.2. The SMILES string of the molecule is FC(F)(F)Oc1ccc(NC(=S)Nc2ccc(N3CCCCC3)cc2)cc1. The number of alkyl halides is 3. The largest absolute Gasteiger partial charge is 0.573 e. The minimum atomic E-state index is -4.70. The Morgan fingerprint density at radius 1 is 0.852 bits per heavy atom. The van der Waals surface area contributed by atoms with E-state index in [0.717, 1.165) is 18.8 Å². The van der Waals surface area contributed by atoms with Crippen molar-refractivity contribution in [3.05, 3.63) is 48.5 Å². The first-order chi connectivity index (χ1) is 12.9. The third kappa shape index (κ3) is 6.02. The number of rotatable bonds is 4. The molecule has 8 heteroatoms. The van der Waals surface area contributed by atoms with E-state index in [0.29, 0.717) is 10.8 Å². The monoisotopic (exact) mass is 395 g/mol. The maximum Gasteiger partial charge on any atom is 0.573 e. The van der Waals surface area contributed by atoms with Crippen LogP contribution in [0.2, 0.25) is 0 Å². The number of hydrogen-bond donors (Lipinski definition) is 2. The van der Waals surface area contributed by atoms with Crippen molar-refractivity contribution in [3.8, 4) is 5.75 Å². The molecule has 3 rings (SSSR count). The fourth-order valence-electron chi connectivity index (χ4n) is 2.94. The smallest absolute Gasteiger partial charge is 0.406 e. The summed E-state index contributed by atoms with van der Waals surface area (Å²) in [6.45, 7) is 2.17. The number of ether oxygens (including phenoxy) is 1. The Morgan fingerprint density at radius 2 is 1.37 bits per heavy atom. The van der Waals surface area contributed by atoms with Crippen LogP contribution in [0.15, 0.2) is 48.5 Å². The summed E-state index contributed by atoms with van der Waals surface area (Å²) in [4.78, 5) is 2.37. The molecule has 27 heavy (non-hydrogen) atoms. The van der Waals surface area contributed by atoms with Gasteiger partial charge in [0.05, 0.1) is 0 Å². The molecule has 1 fully saturated rings. The van der Waals surface area contributed by atoms with Crippen LogP contribution in [0.1, 0.15) is 19.3 Å². The van der Waals surface area contributed by atoms with Crippen LogP contribution in [0.25, 0.3) is 0 Å². The maximum atomic E-state index is 12.2. The fourth-order valence-corrected chi connectivity index (χ4v) is 3.18. The van der Waals surface area contributed by atoms with Gasteiger partial charge in [0.1, 0.15) is 5.75 Å². The van der Waals surface area contributed by atoms with Gasteiger partial charge in [-0.05, 0) is 80.0 Å². The lowest BCUT2D eigenvalue weighted by molar-refractivity contribution is -0.274. The summed E-state index contributed by atoms with van der Waals surface area (Å²) < 4.78 is 40.3. The summed E-state index contributed by atoms with van der Waals surface area (Å²) in [6.07, 6.45) is -0.965. The van der Waals surface area contributed by atoms with Crippen molar-refractivity contribution < 1.29 is 17.9 Å². The molecule has 0 bridgehead atoms. The summed E-state index contributed by atoms with van der Waals surface area (Å²) in [5, 5.41) is 6.35. The van der Waals surface area contributed by atoms with Crippen molar-refractivity contribution in [3.63, 3.8) is 0 Å². The fraction of sp³-hybridized carbons (Fsp3) is 0.316. The summed E-state index contributed by atoms with van der Waals surface area (Å²) in [5.74, 6) is -0.278. The highest BCUT2D eigenvalue weighted by Crippen LogP contribution is 2.24. The molecular weight excluding hydrogens is 375 g/mol. The Bertz CT molecular complexity index is 757. The van der Waals surface area contributed by atoms with Gasteiger partial charge in [-0.3, -0.25) is 0 Å². The van der Waals surface area contributed by atoms with Crippen molar-refractivity contribution in [2.45, 2.75) is 25.6 Å². The Labute approximate surface area is 161 Å². The molecule has 0 unspecified atom stereocenters. The van der Waals surface area contributed by atoms with Crippen molar-refractivity contribution in [1.82, 2.24) is 0 Å². The van der Waals surface area contributed by atoms with E-state index in [9.17, 15) is 13.2 Å². The van der Waals surface area contributed by atoms with Crippen molar-refractivity contribution >= 4 is 34.4 Å². The highest BCUT2D eigenvalue weighted by atomic mass is 32.1. The molecule has 1 heterocycles. The Kier molecular flexibility index (Phi) is 6.05. The summed E-state index contributed by atoms with van der Waals surface area (Å²) in [6, 6.07) is 13.4. The molecule has 2 aromatic carbocycles. The van der Waals surface area contributed by atoms with Crippen molar-refractivity contribution in [1.29, 1.82) is 0 Å². The molecule has 1 aliphatic rings. The zero-order valence-corrected chi connectivity index (χ0v) is 15.4. The van der Waals surface area contributed by atoms with E-state index in [-0.39, 0.29) is 5.75 Å². The minimum Gasteiger partial charge on any atom is -0.406 e. The average molecular weight is 395 g/mol. The van der Waals surface area contributed by atoms with Crippen LogP contribution in [0.5, 0.6) is 5.75 Å². The van der Waals surface area contributed by atoms with E-state index in [1.807, 2.05) is 12.1 Å². The number of benzene rings is 2. The first-order valence-corrected chi connectivity index (χ1v) is 9.09. The van der Waals surface area contributed by atoms with E-state index < -0.39 is 6.36 Å². The predicted molar refractivity (Wildman–Crippen MR) is 105 cm³/mol. The second kappa shape index (κ2) is 8.47. The highest BCUT2D eigenvalue weighted by Gasteiger charge is 2.30. The molecule has 1 aliphatic heterocycles. The number of anilines is 3. The molecule has 2 N–H and O–H groups in total. The molecule has 0 amide bonds. The molecule has 1 saturated heterocycles. The van der Waals surface area contributed by atoms with E-state index in [1.54, 1.807) is 0 Å². The van der Waals surface area contributed by atoms with Gasteiger partial charge < -0.3 is 20.3 Å². The lowest BCUT2D eigenvalue weighted by Gasteiger charge is -2.28. The van der Waals surface area contributed by atoms with Gasteiger partial charge in [0.15, 0.2) is 5.11 Å². The van der Waals surface area contributed by atoms with Crippen LogP contribution < -0.4 is 20.3 Å². The average Bonchev–Trinajstić information content (AvgIpc) is 2.63. The van der Waals surface area contributed by atoms with Crippen LogP contribution in [0.4, 0.5) is 30.2 Å². The first-order valence-electron chi connectivity index (χ1n) is 8.68. The molecule has 0 aliphatic carbocycles. The van der Waals surface area contributed by atoms with Crippen LogP contribution >= 0.6 is 12.2 Å². The highest BCUT2D eigenvalue weighted by molar-refractivity contribution is 7.80. The van der Waals surface area contributed by atoms with Crippen molar-refractivity contribution in [2.24, 2.45) is 0 Å². The number of halogens is 3. The third-order valence-electron chi connectivity index (χ3n) is 4.19. The molecule has 144 valence electrons. The van der Waals surface area contributed by atoms with Crippen LogP contribution in [-0.2, 0) is 0 Å². The zero-order valence-electron chi connectivity index (χ0n) is 14.6. The molecule has 0 radical (unpaired) electrons. The molecular formula is C19H20F3N3OS. The standard InChI is InChI=1S/C19H20F3N3OS/c20-19(21,22)26-17-10-6-15(7-11-17)24-18(27)23-14-4-8-16(9-5-14)25-12-2-1-3-13-25/h4-11H,1-3,12-13H2,(H2,23,24,27). The zero-order chi connectivity index (χ0) is 19.3. The van der Waals surface area contributed by atoms with Gasteiger partial charge >= 0.3 is 6.36 Å². The minimum absolute atomic E-state index is 0.278. The van der Waals surface area contributed by atoms with Gasteiger partial charge in [-0.2, -0.15) is 0 Å². The van der Waals surface area contributed by atoms with Crippen molar-refractivity contribution in [2.75, 3.05) is 28.6 Å². The van der Waals surface area contributed by atoms with Gasteiger partial charge in [-0.15, -0.1) is 13.2 Å². The number of piperidine rings is 1. The van der Waals surface area contributed by atoms with E-state index >= 15 is 0 Å². The topological polar surface area (TPSA) is 36.5 Å². The number of hydrogen-bond acceptors (Lipinski definition) is 3. The summed E-state index contributed by atoms with van der Waals surface area (Å²) in [7, 11) is 0. The van der Waals surface area contributed by atoms with Gasteiger partial charge in [-0.25, -0.2) is 0 Å². The molecule has 0 spiro atoms. The van der Waals surface area contributed by atoms with E-state index in [2.05, 4.69) is 32.4 Å². The van der Waals surface area contributed by atoms with Crippen LogP contribution in [-0.4, -0.2) is 24.6 Å². The Balaban J connectivity index is 1.53.